The lowest BCUT2D eigenvalue weighted by Crippen LogP contribution is -2.34. The number of primary sulfonamides is 1. The number of sulfonamides is 1. The van der Waals surface area contributed by atoms with Gasteiger partial charge in [0.15, 0.2) is 0 Å². The normalized spacial score (nSPS) is 19.4. The van der Waals surface area contributed by atoms with Gasteiger partial charge in [-0.1, -0.05) is 6.42 Å². The number of benzene rings is 2. The summed E-state index contributed by atoms with van der Waals surface area (Å²) in [6, 6.07) is 12.9. The van der Waals surface area contributed by atoms with Crippen LogP contribution >= 0.6 is 12.4 Å². The average molecular weight is 426 g/mol. The highest BCUT2D eigenvalue weighted by atomic mass is 35.5. The van der Waals surface area contributed by atoms with E-state index in [1.807, 2.05) is 0 Å². The predicted molar refractivity (Wildman–Crippen MR) is 110 cm³/mol. The van der Waals surface area contributed by atoms with Crippen molar-refractivity contribution in [1.29, 1.82) is 0 Å². The van der Waals surface area contributed by atoms with Crippen molar-refractivity contribution in [3.8, 4) is 11.5 Å². The fourth-order valence-corrected chi connectivity index (χ4v) is 3.67. The second-order valence-corrected chi connectivity index (χ2v) is 8.32. The lowest BCUT2D eigenvalue weighted by atomic mass is 9.85. The molecule has 152 valence electrons. The second kappa shape index (κ2) is 9.38. The molecule has 1 aliphatic rings. The highest BCUT2D eigenvalue weighted by molar-refractivity contribution is 7.89. The minimum absolute atomic E-state index is 0. The molecule has 1 aliphatic carbocycles. The summed E-state index contributed by atoms with van der Waals surface area (Å²) >= 11 is 0. The topological polar surface area (TPSA) is 125 Å². The Morgan fingerprint density at radius 3 is 2.11 bits per heavy atom. The van der Waals surface area contributed by atoms with Crippen LogP contribution in [0.2, 0.25) is 0 Å². The van der Waals surface area contributed by atoms with E-state index >= 15 is 0 Å². The lowest BCUT2D eigenvalue weighted by Gasteiger charge is -2.25. The molecule has 0 radical (unpaired) electrons. The van der Waals surface area contributed by atoms with Crippen molar-refractivity contribution >= 4 is 34.0 Å². The summed E-state index contributed by atoms with van der Waals surface area (Å²) in [7, 11) is -3.73. The molecule has 5 N–H and O–H groups in total. The summed E-state index contributed by atoms with van der Waals surface area (Å²) in [5.41, 5.74) is 6.64. The summed E-state index contributed by atoms with van der Waals surface area (Å²) in [6.45, 7) is 0. The zero-order chi connectivity index (χ0) is 19.4. The van der Waals surface area contributed by atoms with Crippen molar-refractivity contribution in [1.82, 2.24) is 0 Å². The molecule has 9 heteroatoms. The quantitative estimate of drug-likeness (QED) is 0.679. The van der Waals surface area contributed by atoms with Gasteiger partial charge in [0.05, 0.1) is 4.90 Å². The molecule has 2 atom stereocenters. The van der Waals surface area contributed by atoms with Gasteiger partial charge >= 0.3 is 0 Å². The van der Waals surface area contributed by atoms with Crippen LogP contribution in [0.15, 0.2) is 53.4 Å². The highest BCUT2D eigenvalue weighted by Crippen LogP contribution is 2.26. The Hall–Kier alpha value is -2.13. The van der Waals surface area contributed by atoms with Crippen LogP contribution in [0.1, 0.15) is 25.7 Å². The largest absolute Gasteiger partial charge is 0.457 e. The standard InChI is InChI=1S/C19H23N3O4S.ClH/c20-14-3-1-2-13(12-14)19(23)22-15-4-6-16(7-5-15)26-17-8-10-18(11-9-17)27(21,24)25;/h4-11,13-14H,1-3,12,20H2,(H,22,23)(H2,21,24,25);1H. The molecule has 1 saturated carbocycles. The molecule has 2 aromatic carbocycles. The van der Waals surface area contributed by atoms with Crippen molar-refractivity contribution in [3.05, 3.63) is 48.5 Å². The fraction of sp³-hybridized carbons (Fsp3) is 0.316. The number of nitrogens with two attached hydrogens (primary N) is 2. The number of ether oxygens (including phenoxy) is 1. The van der Waals surface area contributed by atoms with Crippen molar-refractivity contribution in [2.24, 2.45) is 16.8 Å². The van der Waals surface area contributed by atoms with Crippen molar-refractivity contribution in [2.75, 3.05) is 5.32 Å². The van der Waals surface area contributed by atoms with Crippen LogP contribution < -0.4 is 20.9 Å². The molecule has 2 aromatic rings. The van der Waals surface area contributed by atoms with Gasteiger partial charge in [0.2, 0.25) is 15.9 Å². The van der Waals surface area contributed by atoms with Gasteiger partial charge < -0.3 is 15.8 Å². The van der Waals surface area contributed by atoms with Gasteiger partial charge in [-0.25, -0.2) is 13.6 Å². The van der Waals surface area contributed by atoms with Crippen LogP contribution in [0, 0.1) is 5.92 Å². The van der Waals surface area contributed by atoms with Crippen LogP contribution in [-0.2, 0) is 14.8 Å². The number of halogens is 1. The molecule has 7 nitrogen and oxygen atoms in total. The molecular weight excluding hydrogens is 402 g/mol. The van der Waals surface area contributed by atoms with Gasteiger partial charge in [-0.15, -0.1) is 12.4 Å². The summed E-state index contributed by atoms with van der Waals surface area (Å²) in [5.74, 6) is 1.01. The number of carbonyl (C=O) groups is 1. The molecule has 28 heavy (non-hydrogen) atoms. The molecule has 0 heterocycles. The summed E-state index contributed by atoms with van der Waals surface area (Å²) in [5, 5.41) is 7.98. The maximum Gasteiger partial charge on any atom is 0.238 e. The monoisotopic (exact) mass is 425 g/mol. The number of rotatable bonds is 5. The molecule has 0 spiro atoms. The van der Waals surface area contributed by atoms with Crippen LogP contribution in [0.5, 0.6) is 11.5 Å². The van der Waals surface area contributed by atoms with E-state index in [2.05, 4.69) is 5.32 Å². The Morgan fingerprint density at radius 2 is 1.57 bits per heavy atom. The third-order valence-electron chi connectivity index (χ3n) is 4.60. The maximum atomic E-state index is 12.3. The number of hydrogen-bond acceptors (Lipinski definition) is 5. The molecular formula is C19H24ClN3O4S. The summed E-state index contributed by atoms with van der Waals surface area (Å²) in [6.07, 6.45) is 3.56. The minimum atomic E-state index is -3.73. The van der Waals surface area contributed by atoms with Crippen LogP contribution in [0.25, 0.3) is 0 Å². The second-order valence-electron chi connectivity index (χ2n) is 6.76. The number of anilines is 1. The van der Waals surface area contributed by atoms with Crippen LogP contribution in [0.3, 0.4) is 0 Å². The van der Waals surface area contributed by atoms with E-state index in [1.165, 1.54) is 24.3 Å². The number of amides is 1. The van der Waals surface area contributed by atoms with E-state index < -0.39 is 10.0 Å². The average Bonchev–Trinajstić information content (AvgIpc) is 2.63. The summed E-state index contributed by atoms with van der Waals surface area (Å²) < 4.78 is 28.2. The molecule has 1 amide bonds. The van der Waals surface area contributed by atoms with Crippen molar-refractivity contribution in [3.63, 3.8) is 0 Å². The first-order valence-corrected chi connectivity index (χ1v) is 10.3. The Bertz CT molecular complexity index is 902. The first kappa shape index (κ1) is 22.2. The molecule has 0 aromatic heterocycles. The van der Waals surface area contributed by atoms with Crippen molar-refractivity contribution < 1.29 is 17.9 Å². The number of hydrogen-bond donors (Lipinski definition) is 3. The van der Waals surface area contributed by atoms with E-state index in [9.17, 15) is 13.2 Å². The predicted octanol–water partition coefficient (Wildman–Crippen LogP) is 3.00. The third-order valence-corrected chi connectivity index (χ3v) is 5.52. The van der Waals surface area contributed by atoms with E-state index in [0.717, 1.165) is 25.7 Å². The Labute approximate surface area is 170 Å². The Kier molecular flexibility index (Phi) is 7.42. The molecule has 2 unspecified atom stereocenters. The Balaban J connectivity index is 0.00000280. The zero-order valence-corrected chi connectivity index (χ0v) is 16.8. The minimum Gasteiger partial charge on any atom is -0.457 e. The first-order valence-electron chi connectivity index (χ1n) is 8.78. The smallest absolute Gasteiger partial charge is 0.238 e. The lowest BCUT2D eigenvalue weighted by molar-refractivity contribution is -0.120. The molecule has 0 bridgehead atoms. The van der Waals surface area contributed by atoms with Gasteiger partial charge in [-0.3, -0.25) is 4.79 Å². The highest BCUT2D eigenvalue weighted by Gasteiger charge is 2.25. The van der Waals surface area contributed by atoms with Crippen LogP contribution in [-0.4, -0.2) is 20.4 Å². The Morgan fingerprint density at radius 1 is 1.00 bits per heavy atom. The summed E-state index contributed by atoms with van der Waals surface area (Å²) in [4.78, 5) is 12.4. The number of nitrogens with one attached hydrogen (secondary N) is 1. The van der Waals surface area contributed by atoms with Gasteiger partial charge in [-0.05, 0) is 67.8 Å². The van der Waals surface area contributed by atoms with Gasteiger partial charge in [0.1, 0.15) is 11.5 Å². The van der Waals surface area contributed by atoms with Gasteiger partial charge in [-0.2, -0.15) is 0 Å². The van der Waals surface area contributed by atoms with Gasteiger partial charge in [0.25, 0.3) is 0 Å². The molecule has 0 aliphatic heterocycles. The van der Waals surface area contributed by atoms with E-state index in [-0.39, 0.29) is 35.2 Å². The first-order chi connectivity index (χ1) is 12.8. The molecule has 1 fully saturated rings. The van der Waals surface area contributed by atoms with E-state index in [1.54, 1.807) is 24.3 Å². The van der Waals surface area contributed by atoms with E-state index in [4.69, 9.17) is 15.6 Å². The fourth-order valence-electron chi connectivity index (χ4n) is 3.15. The molecule has 3 rings (SSSR count). The van der Waals surface area contributed by atoms with E-state index in [0.29, 0.717) is 17.2 Å². The number of carbonyl (C=O) groups excluding carboxylic acids is 1. The molecule has 0 saturated heterocycles. The third kappa shape index (κ3) is 5.93. The zero-order valence-electron chi connectivity index (χ0n) is 15.2. The van der Waals surface area contributed by atoms with Crippen LogP contribution in [0.4, 0.5) is 5.69 Å². The maximum absolute atomic E-state index is 12.3. The van der Waals surface area contributed by atoms with Gasteiger partial charge in [0, 0.05) is 17.6 Å². The SMILES string of the molecule is Cl.NC1CCCC(C(=O)Nc2ccc(Oc3ccc(S(N)(=O)=O)cc3)cc2)C1. The van der Waals surface area contributed by atoms with Crippen molar-refractivity contribution in [2.45, 2.75) is 36.6 Å².